The summed E-state index contributed by atoms with van der Waals surface area (Å²) in [5.74, 6) is -0.0812. The summed E-state index contributed by atoms with van der Waals surface area (Å²) in [5, 5.41) is 6.63. The Morgan fingerprint density at radius 3 is 2.80 bits per heavy atom. The molecule has 0 radical (unpaired) electrons. The van der Waals surface area contributed by atoms with Crippen LogP contribution in [0.2, 0.25) is 0 Å². The third kappa shape index (κ3) is 3.96. The lowest BCUT2D eigenvalue weighted by molar-refractivity contribution is 0.0290. The minimum Gasteiger partial charge on any atom is -0.444 e. The first-order valence-corrected chi connectivity index (χ1v) is 7.60. The summed E-state index contributed by atoms with van der Waals surface area (Å²) in [6.07, 6.45) is 0.444. The fraction of sp³-hybridized carbons (Fsp3) is 0.571. The molecule has 6 heteroatoms. The van der Waals surface area contributed by atoms with Crippen molar-refractivity contribution in [1.82, 2.24) is 10.2 Å². The topological polar surface area (TPSA) is 58.6 Å². The van der Waals surface area contributed by atoms with Crippen LogP contribution in [-0.2, 0) is 4.74 Å². The Kier molecular flexibility index (Phi) is 4.32. The van der Waals surface area contributed by atoms with Gasteiger partial charge in [0.05, 0.1) is 0 Å². The van der Waals surface area contributed by atoms with Gasteiger partial charge in [-0.1, -0.05) is 0 Å². The van der Waals surface area contributed by atoms with Crippen molar-refractivity contribution in [3.05, 3.63) is 22.4 Å². The third-order valence-electron chi connectivity index (χ3n) is 2.96. The van der Waals surface area contributed by atoms with Crippen LogP contribution < -0.4 is 5.32 Å². The molecule has 1 N–H and O–H groups in total. The SMILES string of the molecule is CC(C)(C)OC(=O)N1CC[C@@H](NC(=O)c2ccsc2)C1. The van der Waals surface area contributed by atoms with Crippen molar-refractivity contribution in [3.63, 3.8) is 0 Å². The van der Waals surface area contributed by atoms with Gasteiger partial charge >= 0.3 is 6.09 Å². The molecule has 20 heavy (non-hydrogen) atoms. The zero-order valence-electron chi connectivity index (χ0n) is 12.0. The fourth-order valence-electron chi connectivity index (χ4n) is 2.03. The van der Waals surface area contributed by atoms with E-state index >= 15 is 0 Å². The second-order valence-corrected chi connectivity index (χ2v) is 6.68. The van der Waals surface area contributed by atoms with Crippen molar-refractivity contribution in [2.24, 2.45) is 0 Å². The quantitative estimate of drug-likeness (QED) is 0.912. The normalized spacial score (nSPS) is 18.9. The number of ether oxygens (including phenoxy) is 1. The van der Waals surface area contributed by atoms with E-state index in [9.17, 15) is 9.59 Å². The summed E-state index contributed by atoms with van der Waals surface area (Å²) < 4.78 is 5.32. The van der Waals surface area contributed by atoms with Crippen LogP contribution in [0.4, 0.5) is 4.79 Å². The lowest BCUT2D eigenvalue weighted by atomic mass is 10.2. The Labute approximate surface area is 122 Å². The first-order valence-electron chi connectivity index (χ1n) is 6.66. The van der Waals surface area contributed by atoms with Gasteiger partial charge in [0, 0.05) is 30.1 Å². The van der Waals surface area contributed by atoms with E-state index in [0.717, 1.165) is 6.42 Å². The number of thiophene rings is 1. The molecule has 0 bridgehead atoms. The third-order valence-corrected chi connectivity index (χ3v) is 3.64. The predicted molar refractivity (Wildman–Crippen MR) is 78.0 cm³/mol. The van der Waals surface area contributed by atoms with E-state index in [1.807, 2.05) is 31.5 Å². The number of likely N-dealkylation sites (tertiary alicyclic amines) is 1. The highest BCUT2D eigenvalue weighted by molar-refractivity contribution is 7.08. The van der Waals surface area contributed by atoms with Crippen LogP contribution in [0, 0.1) is 0 Å². The second-order valence-electron chi connectivity index (χ2n) is 5.90. The van der Waals surface area contributed by atoms with Gasteiger partial charge in [-0.05, 0) is 38.6 Å². The van der Waals surface area contributed by atoms with Gasteiger partial charge in [0.15, 0.2) is 0 Å². The molecule has 1 aliphatic heterocycles. The molecule has 2 amide bonds. The summed E-state index contributed by atoms with van der Waals surface area (Å²) in [6, 6.07) is 1.79. The van der Waals surface area contributed by atoms with Crippen molar-refractivity contribution < 1.29 is 14.3 Å². The number of nitrogens with zero attached hydrogens (tertiary/aromatic N) is 1. The molecule has 110 valence electrons. The summed E-state index contributed by atoms with van der Waals surface area (Å²) >= 11 is 1.49. The molecule has 1 aromatic heterocycles. The lowest BCUT2D eigenvalue weighted by Crippen LogP contribution is -2.40. The van der Waals surface area contributed by atoms with E-state index in [4.69, 9.17) is 4.74 Å². The summed E-state index contributed by atoms with van der Waals surface area (Å²) in [5.41, 5.74) is 0.181. The smallest absolute Gasteiger partial charge is 0.410 e. The molecule has 1 saturated heterocycles. The predicted octanol–water partition coefficient (Wildman–Crippen LogP) is 2.49. The lowest BCUT2D eigenvalue weighted by Gasteiger charge is -2.24. The van der Waals surface area contributed by atoms with Crippen molar-refractivity contribution >= 4 is 23.3 Å². The van der Waals surface area contributed by atoms with Crippen LogP contribution in [0.15, 0.2) is 16.8 Å². The van der Waals surface area contributed by atoms with Gasteiger partial charge in [-0.25, -0.2) is 4.79 Å². The maximum Gasteiger partial charge on any atom is 0.410 e. The van der Waals surface area contributed by atoms with E-state index < -0.39 is 5.60 Å². The molecule has 0 saturated carbocycles. The van der Waals surface area contributed by atoms with Gasteiger partial charge in [0.2, 0.25) is 0 Å². The Morgan fingerprint density at radius 1 is 1.45 bits per heavy atom. The number of carbonyl (C=O) groups is 2. The first-order chi connectivity index (χ1) is 9.35. The number of carbonyl (C=O) groups excluding carboxylic acids is 2. The van der Waals surface area contributed by atoms with Gasteiger partial charge in [-0.15, -0.1) is 0 Å². The highest BCUT2D eigenvalue weighted by Crippen LogP contribution is 2.16. The highest BCUT2D eigenvalue weighted by Gasteiger charge is 2.30. The van der Waals surface area contributed by atoms with Gasteiger partial charge in [0.1, 0.15) is 5.60 Å². The Morgan fingerprint density at radius 2 is 2.20 bits per heavy atom. The number of hydrogen-bond donors (Lipinski definition) is 1. The van der Waals surface area contributed by atoms with Crippen molar-refractivity contribution in [1.29, 1.82) is 0 Å². The Balaban J connectivity index is 1.83. The van der Waals surface area contributed by atoms with E-state index in [2.05, 4.69) is 5.32 Å². The zero-order chi connectivity index (χ0) is 14.8. The average Bonchev–Trinajstić information content (AvgIpc) is 2.97. The van der Waals surface area contributed by atoms with Crippen LogP contribution >= 0.6 is 11.3 Å². The van der Waals surface area contributed by atoms with E-state index in [0.29, 0.717) is 18.7 Å². The minimum absolute atomic E-state index is 0.00471. The summed E-state index contributed by atoms with van der Waals surface area (Å²) in [6.45, 7) is 6.65. The zero-order valence-corrected chi connectivity index (χ0v) is 12.8. The van der Waals surface area contributed by atoms with Crippen LogP contribution in [0.5, 0.6) is 0 Å². The molecule has 2 heterocycles. The minimum atomic E-state index is -0.491. The van der Waals surface area contributed by atoms with Crippen molar-refractivity contribution in [3.8, 4) is 0 Å². The molecule has 0 spiro atoms. The largest absolute Gasteiger partial charge is 0.444 e. The van der Waals surface area contributed by atoms with Crippen molar-refractivity contribution in [2.75, 3.05) is 13.1 Å². The van der Waals surface area contributed by atoms with Crippen LogP contribution in [-0.4, -0.2) is 41.6 Å². The van der Waals surface area contributed by atoms with Gasteiger partial charge in [-0.2, -0.15) is 11.3 Å². The summed E-state index contributed by atoms with van der Waals surface area (Å²) in [7, 11) is 0. The van der Waals surface area contributed by atoms with E-state index in [-0.39, 0.29) is 18.0 Å². The van der Waals surface area contributed by atoms with Crippen molar-refractivity contribution in [2.45, 2.75) is 38.8 Å². The Bertz CT molecular complexity index is 479. The standard InChI is InChI=1S/C14H20N2O3S/c1-14(2,3)19-13(18)16-6-4-11(8-16)15-12(17)10-5-7-20-9-10/h5,7,9,11H,4,6,8H2,1-3H3,(H,15,17)/t11-/m1/s1. The second kappa shape index (κ2) is 5.83. The highest BCUT2D eigenvalue weighted by atomic mass is 32.1. The summed E-state index contributed by atoms with van der Waals surface area (Å²) in [4.78, 5) is 25.5. The molecule has 5 nitrogen and oxygen atoms in total. The van der Waals surface area contributed by atoms with Crippen LogP contribution in [0.3, 0.4) is 0 Å². The van der Waals surface area contributed by atoms with Gasteiger partial charge in [-0.3, -0.25) is 4.79 Å². The number of nitrogens with one attached hydrogen (secondary N) is 1. The average molecular weight is 296 g/mol. The molecule has 1 aliphatic rings. The molecule has 0 aliphatic carbocycles. The Hall–Kier alpha value is -1.56. The first kappa shape index (κ1) is 14.8. The molecule has 2 rings (SSSR count). The van der Waals surface area contributed by atoms with E-state index in [1.165, 1.54) is 11.3 Å². The van der Waals surface area contributed by atoms with Crippen LogP contribution in [0.1, 0.15) is 37.6 Å². The molecule has 1 atom stereocenters. The van der Waals surface area contributed by atoms with Gasteiger partial charge < -0.3 is 15.0 Å². The monoisotopic (exact) mass is 296 g/mol. The number of hydrogen-bond acceptors (Lipinski definition) is 4. The maximum atomic E-state index is 11.9. The number of rotatable bonds is 2. The molecule has 0 aromatic carbocycles. The molecule has 0 unspecified atom stereocenters. The van der Waals surface area contributed by atoms with E-state index in [1.54, 1.807) is 11.0 Å². The molecular formula is C14H20N2O3S. The number of amides is 2. The molecule has 1 fully saturated rings. The molecule has 1 aromatic rings. The maximum absolute atomic E-state index is 11.9. The van der Waals surface area contributed by atoms with Gasteiger partial charge in [0.25, 0.3) is 5.91 Å². The molecular weight excluding hydrogens is 276 g/mol. The fourth-order valence-corrected chi connectivity index (χ4v) is 2.67. The van der Waals surface area contributed by atoms with Crippen LogP contribution in [0.25, 0.3) is 0 Å².